The first kappa shape index (κ1) is 13.6. The Morgan fingerprint density at radius 1 is 1.19 bits per heavy atom. The third-order valence-corrected chi connectivity index (χ3v) is 3.97. The van der Waals surface area contributed by atoms with E-state index in [1.165, 1.54) is 17.3 Å². The van der Waals surface area contributed by atoms with Crippen LogP contribution >= 0.6 is 11.8 Å². The van der Waals surface area contributed by atoms with Crippen molar-refractivity contribution in [2.45, 2.75) is 11.8 Å². The molecule has 0 aliphatic carbocycles. The van der Waals surface area contributed by atoms with Crippen LogP contribution in [0, 0.1) is 6.92 Å². The molecule has 0 bridgehead atoms. The fraction of sp³-hybridized carbons (Fsp3) is 0.133. The molecule has 1 aromatic carbocycles. The number of carbonyl (C=O) groups excluding carboxylic acids is 1. The summed E-state index contributed by atoms with van der Waals surface area (Å²) in [5, 5.41) is 10.7. The van der Waals surface area contributed by atoms with Crippen LogP contribution in [0.5, 0.6) is 0 Å². The van der Waals surface area contributed by atoms with Crippen LogP contribution in [0.25, 0.3) is 5.65 Å². The number of hydrogen-bond acceptors (Lipinski definition) is 4. The SMILES string of the molecule is Cc1ccc(SCC(=O)Nc2nnc3ccccn23)cc1. The molecule has 3 rings (SSSR count). The van der Waals surface area contributed by atoms with E-state index in [0.717, 1.165) is 4.90 Å². The minimum Gasteiger partial charge on any atom is -0.294 e. The van der Waals surface area contributed by atoms with Gasteiger partial charge in [0, 0.05) is 11.1 Å². The van der Waals surface area contributed by atoms with Gasteiger partial charge in [0.1, 0.15) is 0 Å². The van der Waals surface area contributed by atoms with Gasteiger partial charge in [-0.15, -0.1) is 22.0 Å². The normalized spacial score (nSPS) is 10.7. The molecule has 0 saturated carbocycles. The van der Waals surface area contributed by atoms with E-state index in [4.69, 9.17) is 0 Å². The Balaban J connectivity index is 1.62. The molecule has 1 amide bonds. The second-order valence-electron chi connectivity index (χ2n) is 4.60. The van der Waals surface area contributed by atoms with E-state index >= 15 is 0 Å². The zero-order chi connectivity index (χ0) is 14.7. The van der Waals surface area contributed by atoms with Crippen LogP contribution in [0.3, 0.4) is 0 Å². The van der Waals surface area contributed by atoms with Gasteiger partial charge in [-0.25, -0.2) is 0 Å². The van der Waals surface area contributed by atoms with Crippen LogP contribution in [-0.2, 0) is 4.79 Å². The molecule has 3 aromatic rings. The molecule has 2 heterocycles. The number of aryl methyl sites for hydroxylation is 1. The van der Waals surface area contributed by atoms with Gasteiger partial charge in [0.2, 0.25) is 11.9 Å². The van der Waals surface area contributed by atoms with Crippen LogP contribution in [0.15, 0.2) is 53.6 Å². The largest absolute Gasteiger partial charge is 0.294 e. The molecule has 0 saturated heterocycles. The average Bonchev–Trinajstić information content (AvgIpc) is 2.90. The van der Waals surface area contributed by atoms with Gasteiger partial charge < -0.3 is 0 Å². The first-order chi connectivity index (χ1) is 10.2. The van der Waals surface area contributed by atoms with Crippen molar-refractivity contribution in [2.24, 2.45) is 0 Å². The number of pyridine rings is 1. The molecular weight excluding hydrogens is 284 g/mol. The highest BCUT2D eigenvalue weighted by Crippen LogP contribution is 2.18. The standard InChI is InChI=1S/C15H14N4OS/c1-11-5-7-12(8-6-11)21-10-14(20)16-15-18-17-13-4-2-3-9-19(13)15/h2-9H,10H2,1H3,(H,16,18,20). The van der Waals surface area contributed by atoms with Crippen LogP contribution in [0.4, 0.5) is 5.95 Å². The lowest BCUT2D eigenvalue weighted by atomic mass is 10.2. The smallest absolute Gasteiger partial charge is 0.237 e. The van der Waals surface area contributed by atoms with Crippen LogP contribution < -0.4 is 5.32 Å². The van der Waals surface area contributed by atoms with Crippen LogP contribution in [0.1, 0.15) is 5.56 Å². The minimum atomic E-state index is -0.0984. The van der Waals surface area contributed by atoms with Crippen molar-refractivity contribution >= 4 is 29.3 Å². The zero-order valence-electron chi connectivity index (χ0n) is 11.5. The lowest BCUT2D eigenvalue weighted by Crippen LogP contribution is -2.16. The Morgan fingerprint density at radius 2 is 2.00 bits per heavy atom. The van der Waals surface area contributed by atoms with Crippen LogP contribution in [-0.4, -0.2) is 26.3 Å². The molecule has 0 unspecified atom stereocenters. The number of aromatic nitrogens is 3. The fourth-order valence-corrected chi connectivity index (χ4v) is 2.57. The van der Waals surface area contributed by atoms with Gasteiger partial charge in [0.15, 0.2) is 5.65 Å². The molecular formula is C15H14N4OS. The van der Waals surface area contributed by atoms with Gasteiger partial charge in [-0.1, -0.05) is 23.8 Å². The summed E-state index contributed by atoms with van der Waals surface area (Å²) in [5.41, 5.74) is 1.91. The summed E-state index contributed by atoms with van der Waals surface area (Å²) in [5.74, 6) is 0.684. The van der Waals surface area contributed by atoms with Crippen molar-refractivity contribution in [1.29, 1.82) is 0 Å². The Bertz CT molecular complexity index is 767. The first-order valence-electron chi connectivity index (χ1n) is 6.51. The lowest BCUT2D eigenvalue weighted by molar-refractivity contribution is -0.113. The molecule has 0 spiro atoms. The van der Waals surface area contributed by atoms with Crippen LogP contribution in [0.2, 0.25) is 0 Å². The molecule has 106 valence electrons. The average molecular weight is 298 g/mol. The Morgan fingerprint density at radius 3 is 2.81 bits per heavy atom. The quantitative estimate of drug-likeness (QED) is 0.752. The number of amides is 1. The van der Waals surface area contributed by atoms with Crippen molar-refractivity contribution in [3.8, 4) is 0 Å². The Labute approximate surface area is 126 Å². The maximum Gasteiger partial charge on any atom is 0.237 e. The number of hydrogen-bond donors (Lipinski definition) is 1. The summed E-state index contributed by atoms with van der Waals surface area (Å²) in [6.07, 6.45) is 1.82. The van der Waals surface area contributed by atoms with E-state index in [1.807, 2.05) is 55.6 Å². The molecule has 5 nitrogen and oxygen atoms in total. The highest BCUT2D eigenvalue weighted by Gasteiger charge is 2.09. The molecule has 0 atom stereocenters. The summed E-state index contributed by atoms with van der Waals surface area (Å²) in [6.45, 7) is 2.04. The Hall–Kier alpha value is -2.34. The minimum absolute atomic E-state index is 0.0984. The van der Waals surface area contributed by atoms with Gasteiger partial charge in [0.25, 0.3) is 0 Å². The van der Waals surface area contributed by atoms with E-state index in [9.17, 15) is 4.79 Å². The summed E-state index contributed by atoms with van der Waals surface area (Å²) in [7, 11) is 0. The molecule has 21 heavy (non-hydrogen) atoms. The lowest BCUT2D eigenvalue weighted by Gasteiger charge is -2.04. The number of thioether (sulfide) groups is 1. The topological polar surface area (TPSA) is 59.3 Å². The zero-order valence-corrected chi connectivity index (χ0v) is 12.3. The van der Waals surface area contributed by atoms with E-state index in [-0.39, 0.29) is 5.91 Å². The number of benzene rings is 1. The summed E-state index contributed by atoms with van der Waals surface area (Å²) < 4.78 is 1.74. The summed E-state index contributed by atoms with van der Waals surface area (Å²) >= 11 is 1.49. The second kappa shape index (κ2) is 5.97. The second-order valence-corrected chi connectivity index (χ2v) is 5.65. The van der Waals surface area contributed by atoms with Crippen molar-refractivity contribution in [1.82, 2.24) is 14.6 Å². The summed E-state index contributed by atoms with van der Waals surface area (Å²) in [4.78, 5) is 13.1. The molecule has 2 aromatic heterocycles. The Kier molecular flexibility index (Phi) is 3.87. The van der Waals surface area contributed by atoms with E-state index < -0.39 is 0 Å². The third kappa shape index (κ3) is 3.22. The van der Waals surface area contributed by atoms with Gasteiger partial charge in [0.05, 0.1) is 5.75 Å². The number of anilines is 1. The van der Waals surface area contributed by atoms with E-state index in [0.29, 0.717) is 17.3 Å². The highest BCUT2D eigenvalue weighted by molar-refractivity contribution is 8.00. The maximum absolute atomic E-state index is 12.0. The number of rotatable bonds is 4. The van der Waals surface area contributed by atoms with Crippen molar-refractivity contribution in [2.75, 3.05) is 11.1 Å². The maximum atomic E-state index is 12.0. The number of nitrogens with one attached hydrogen (secondary N) is 1. The summed E-state index contributed by atoms with van der Waals surface area (Å²) in [6, 6.07) is 13.7. The van der Waals surface area contributed by atoms with Crippen molar-refractivity contribution in [3.05, 3.63) is 54.2 Å². The molecule has 0 aliphatic heterocycles. The van der Waals surface area contributed by atoms with Crippen molar-refractivity contribution in [3.63, 3.8) is 0 Å². The van der Waals surface area contributed by atoms with E-state index in [1.54, 1.807) is 4.40 Å². The van der Waals surface area contributed by atoms with Gasteiger partial charge in [-0.3, -0.25) is 14.5 Å². The van der Waals surface area contributed by atoms with Gasteiger partial charge in [-0.2, -0.15) is 0 Å². The first-order valence-corrected chi connectivity index (χ1v) is 7.50. The predicted molar refractivity (Wildman–Crippen MR) is 83.5 cm³/mol. The third-order valence-electron chi connectivity index (χ3n) is 2.96. The highest BCUT2D eigenvalue weighted by atomic mass is 32.2. The molecule has 6 heteroatoms. The molecule has 1 N–H and O–H groups in total. The monoisotopic (exact) mass is 298 g/mol. The van der Waals surface area contributed by atoms with E-state index in [2.05, 4.69) is 15.5 Å². The van der Waals surface area contributed by atoms with Crippen molar-refractivity contribution < 1.29 is 4.79 Å². The van der Waals surface area contributed by atoms with Gasteiger partial charge >= 0.3 is 0 Å². The molecule has 0 fully saturated rings. The fourth-order valence-electron chi connectivity index (χ4n) is 1.87. The van der Waals surface area contributed by atoms with Gasteiger partial charge in [-0.05, 0) is 31.2 Å². The molecule has 0 aliphatic rings. The number of fused-ring (bicyclic) bond motifs is 1. The predicted octanol–water partition coefficient (Wildman–Crippen LogP) is 2.77. The number of carbonyl (C=O) groups is 1. The molecule has 0 radical (unpaired) electrons. The number of nitrogens with zero attached hydrogens (tertiary/aromatic N) is 3.